The minimum Gasteiger partial charge on any atom is -0.493 e. The number of carbonyl (C=O) groups excluding carboxylic acids is 1. The summed E-state index contributed by atoms with van der Waals surface area (Å²) in [5.74, 6) is -0.855. The lowest BCUT2D eigenvalue weighted by Crippen LogP contribution is -2.39. The predicted octanol–water partition coefficient (Wildman–Crippen LogP) is 3.94. The van der Waals surface area contributed by atoms with Gasteiger partial charge in [-0.15, -0.1) is 0 Å². The quantitative estimate of drug-likeness (QED) is 0.585. The molecule has 2 aliphatic rings. The number of carbonyl (C=O) groups is 2. The molecule has 1 saturated heterocycles. The number of ether oxygens (including phenoxy) is 2. The van der Waals surface area contributed by atoms with E-state index in [4.69, 9.17) is 21.7 Å². The SMILES string of the molecule is COc1ccc(/C=C2/SC(=S)N(C3CCCCC3)C2=O)c(C(=O)O)c1OC. The maximum atomic E-state index is 12.9. The molecule has 1 aliphatic carbocycles. The van der Waals surface area contributed by atoms with Crippen molar-refractivity contribution in [3.05, 3.63) is 28.2 Å². The van der Waals surface area contributed by atoms with Crippen LogP contribution in [0, 0.1) is 0 Å². The topological polar surface area (TPSA) is 76.1 Å². The Balaban J connectivity index is 1.98. The Labute approximate surface area is 167 Å². The second-order valence-electron chi connectivity index (χ2n) is 6.41. The third-order valence-electron chi connectivity index (χ3n) is 4.84. The molecule has 0 unspecified atom stereocenters. The van der Waals surface area contributed by atoms with Crippen molar-refractivity contribution in [2.45, 2.75) is 38.1 Å². The first-order valence-electron chi connectivity index (χ1n) is 8.73. The number of amides is 1. The van der Waals surface area contributed by atoms with E-state index in [-0.39, 0.29) is 23.3 Å². The Hall–Kier alpha value is -2.06. The molecule has 144 valence electrons. The van der Waals surface area contributed by atoms with Crippen LogP contribution in [0.3, 0.4) is 0 Å². The number of nitrogens with zero attached hydrogens (tertiary/aromatic N) is 1. The lowest BCUT2D eigenvalue weighted by Gasteiger charge is -2.29. The van der Waals surface area contributed by atoms with E-state index in [0.717, 1.165) is 25.7 Å². The van der Waals surface area contributed by atoms with Crippen molar-refractivity contribution in [3.8, 4) is 11.5 Å². The largest absolute Gasteiger partial charge is 0.493 e. The third kappa shape index (κ3) is 3.82. The third-order valence-corrected chi connectivity index (χ3v) is 6.17. The van der Waals surface area contributed by atoms with Crippen LogP contribution in [0.2, 0.25) is 0 Å². The van der Waals surface area contributed by atoms with E-state index >= 15 is 0 Å². The number of hydrogen-bond donors (Lipinski definition) is 1. The average Bonchev–Trinajstić information content (AvgIpc) is 2.94. The number of rotatable bonds is 5. The molecule has 0 radical (unpaired) electrons. The molecule has 2 fully saturated rings. The molecule has 1 aromatic rings. The Bertz CT molecular complexity index is 815. The molecule has 1 N–H and O–H groups in total. The van der Waals surface area contributed by atoms with Crippen molar-refractivity contribution in [3.63, 3.8) is 0 Å². The second-order valence-corrected chi connectivity index (χ2v) is 8.09. The van der Waals surface area contributed by atoms with Crippen LogP contribution in [0.1, 0.15) is 48.0 Å². The molecule has 0 atom stereocenters. The highest BCUT2D eigenvalue weighted by Gasteiger charge is 2.37. The van der Waals surface area contributed by atoms with Gasteiger partial charge in [0.15, 0.2) is 11.5 Å². The first kappa shape index (κ1) is 19.7. The maximum absolute atomic E-state index is 12.9. The zero-order valence-electron chi connectivity index (χ0n) is 15.2. The molecule has 0 spiro atoms. The lowest BCUT2D eigenvalue weighted by molar-refractivity contribution is -0.124. The normalized spacial score (nSPS) is 19.6. The standard InChI is InChI=1S/C19H21NO5S2/c1-24-13-9-8-11(15(18(22)23)16(13)25-2)10-14-17(21)20(19(26)27-14)12-6-4-3-5-7-12/h8-10,12H,3-7H2,1-2H3,(H,22,23)/b14-10+. The Morgan fingerprint density at radius 2 is 1.96 bits per heavy atom. The average molecular weight is 408 g/mol. The maximum Gasteiger partial charge on any atom is 0.340 e. The summed E-state index contributed by atoms with van der Waals surface area (Å²) in [6, 6.07) is 3.37. The fraction of sp³-hybridized carbons (Fsp3) is 0.421. The van der Waals surface area contributed by atoms with Gasteiger partial charge in [0, 0.05) is 6.04 Å². The molecule has 8 heteroatoms. The highest BCUT2D eigenvalue weighted by atomic mass is 32.2. The minimum atomic E-state index is -1.15. The predicted molar refractivity (Wildman–Crippen MR) is 108 cm³/mol. The summed E-state index contributed by atoms with van der Waals surface area (Å²) in [4.78, 5) is 26.9. The number of benzene rings is 1. The van der Waals surface area contributed by atoms with E-state index in [1.807, 2.05) is 0 Å². The molecule has 1 aromatic carbocycles. The minimum absolute atomic E-state index is 0.0419. The fourth-order valence-electron chi connectivity index (χ4n) is 3.56. The summed E-state index contributed by atoms with van der Waals surface area (Å²) in [7, 11) is 2.83. The van der Waals surface area contributed by atoms with Crippen LogP contribution in [-0.4, -0.2) is 46.5 Å². The molecule has 3 rings (SSSR count). The summed E-state index contributed by atoms with van der Waals surface area (Å²) < 4.78 is 10.9. The van der Waals surface area contributed by atoms with E-state index in [9.17, 15) is 14.7 Å². The number of thioether (sulfide) groups is 1. The highest BCUT2D eigenvalue weighted by molar-refractivity contribution is 8.26. The Morgan fingerprint density at radius 3 is 2.56 bits per heavy atom. The zero-order chi connectivity index (χ0) is 19.6. The van der Waals surface area contributed by atoms with Gasteiger partial charge in [-0.1, -0.05) is 49.3 Å². The summed E-state index contributed by atoms with van der Waals surface area (Å²) >= 11 is 6.65. The monoisotopic (exact) mass is 407 g/mol. The molecule has 1 saturated carbocycles. The van der Waals surface area contributed by atoms with Crippen LogP contribution in [0.15, 0.2) is 17.0 Å². The summed E-state index contributed by atoms with van der Waals surface area (Å²) in [6.07, 6.45) is 6.87. The number of thiocarbonyl (C=S) groups is 1. The number of carboxylic acids is 1. The first-order chi connectivity index (χ1) is 13.0. The van der Waals surface area contributed by atoms with Gasteiger partial charge in [0.2, 0.25) is 0 Å². The summed E-state index contributed by atoms with van der Waals surface area (Å²) in [5.41, 5.74) is 0.337. The van der Waals surface area contributed by atoms with Crippen LogP contribution in [-0.2, 0) is 4.79 Å². The van der Waals surface area contributed by atoms with E-state index in [0.29, 0.717) is 20.5 Å². The molecule has 1 aliphatic heterocycles. The summed E-state index contributed by atoms with van der Waals surface area (Å²) in [6.45, 7) is 0. The van der Waals surface area contributed by atoms with Crippen molar-refractivity contribution in [2.24, 2.45) is 0 Å². The van der Waals surface area contributed by atoms with Crippen molar-refractivity contribution < 1.29 is 24.2 Å². The van der Waals surface area contributed by atoms with Gasteiger partial charge in [0.1, 0.15) is 9.88 Å². The van der Waals surface area contributed by atoms with Crippen LogP contribution >= 0.6 is 24.0 Å². The van der Waals surface area contributed by atoms with Gasteiger partial charge in [0.05, 0.1) is 19.1 Å². The van der Waals surface area contributed by atoms with Gasteiger partial charge in [0.25, 0.3) is 5.91 Å². The summed E-state index contributed by atoms with van der Waals surface area (Å²) in [5, 5.41) is 9.65. The molecular weight excluding hydrogens is 386 g/mol. The first-order valence-corrected chi connectivity index (χ1v) is 9.95. The van der Waals surface area contributed by atoms with Crippen LogP contribution in [0.5, 0.6) is 11.5 Å². The molecule has 1 amide bonds. The molecule has 27 heavy (non-hydrogen) atoms. The zero-order valence-corrected chi connectivity index (χ0v) is 16.8. The lowest BCUT2D eigenvalue weighted by atomic mass is 9.94. The molecule has 0 aromatic heterocycles. The highest BCUT2D eigenvalue weighted by Crippen LogP contribution is 2.39. The van der Waals surface area contributed by atoms with Crippen molar-refractivity contribution in [2.75, 3.05) is 14.2 Å². The van der Waals surface area contributed by atoms with Crippen LogP contribution in [0.4, 0.5) is 0 Å². The fourth-order valence-corrected chi connectivity index (χ4v) is 4.95. The van der Waals surface area contributed by atoms with Crippen molar-refractivity contribution in [1.82, 2.24) is 4.90 Å². The van der Waals surface area contributed by atoms with Gasteiger partial charge >= 0.3 is 5.97 Å². The van der Waals surface area contributed by atoms with Crippen LogP contribution in [0.25, 0.3) is 6.08 Å². The van der Waals surface area contributed by atoms with Gasteiger partial charge in [-0.05, 0) is 30.5 Å². The van der Waals surface area contributed by atoms with Crippen molar-refractivity contribution in [1.29, 1.82) is 0 Å². The van der Waals surface area contributed by atoms with E-state index in [2.05, 4.69) is 0 Å². The second kappa shape index (κ2) is 8.31. The van der Waals surface area contributed by atoms with E-state index < -0.39 is 5.97 Å². The van der Waals surface area contributed by atoms with Crippen LogP contribution < -0.4 is 9.47 Å². The number of aromatic carboxylic acids is 1. The smallest absolute Gasteiger partial charge is 0.340 e. The number of hydrogen-bond acceptors (Lipinski definition) is 6. The number of carboxylic acid groups (broad SMARTS) is 1. The van der Waals surface area contributed by atoms with Gasteiger partial charge in [-0.2, -0.15) is 0 Å². The van der Waals surface area contributed by atoms with E-state index in [1.165, 1.54) is 32.4 Å². The van der Waals surface area contributed by atoms with Gasteiger partial charge in [-0.3, -0.25) is 9.69 Å². The molecule has 6 nitrogen and oxygen atoms in total. The molecular formula is C19H21NO5S2. The van der Waals surface area contributed by atoms with E-state index in [1.54, 1.807) is 23.1 Å². The molecule has 0 bridgehead atoms. The Kier molecular flexibility index (Phi) is 6.06. The van der Waals surface area contributed by atoms with Crippen molar-refractivity contribution >= 4 is 46.3 Å². The van der Waals surface area contributed by atoms with Gasteiger partial charge < -0.3 is 14.6 Å². The van der Waals surface area contributed by atoms with Gasteiger partial charge in [-0.25, -0.2) is 4.79 Å². The molecule has 1 heterocycles. The number of methoxy groups -OCH3 is 2. The Morgan fingerprint density at radius 1 is 1.26 bits per heavy atom.